The molecule has 6 heteroatoms. The zero-order valence-corrected chi connectivity index (χ0v) is 10.6. The Hall–Kier alpha value is -2.08. The van der Waals surface area contributed by atoms with Crippen molar-refractivity contribution < 1.29 is 14.4 Å². The molecular weight excluding hydrogens is 269 g/mol. The highest BCUT2D eigenvalue weighted by Gasteiger charge is 2.10. The van der Waals surface area contributed by atoms with E-state index in [4.69, 9.17) is 0 Å². The fraction of sp³-hybridized carbons (Fsp3) is 0.0769. The standard InChI is InChI=1S/C13H10FNO3S/c14-10-4-9(5-11(6-10)15(17)18)8-19-13-3-1-2-12(16)7-13/h1-7,16H,8H2. The lowest BCUT2D eigenvalue weighted by atomic mass is 10.2. The predicted octanol–water partition coefficient (Wildman–Crippen LogP) is 3.73. The van der Waals surface area contributed by atoms with Crippen molar-refractivity contribution in [2.75, 3.05) is 0 Å². The van der Waals surface area contributed by atoms with Crippen molar-refractivity contribution in [3.8, 4) is 5.75 Å². The lowest BCUT2D eigenvalue weighted by Gasteiger charge is -2.03. The van der Waals surface area contributed by atoms with Crippen LogP contribution in [0.1, 0.15) is 5.56 Å². The first-order chi connectivity index (χ1) is 9.04. The second-order valence-corrected chi connectivity index (χ2v) is 4.91. The van der Waals surface area contributed by atoms with Crippen molar-refractivity contribution in [2.24, 2.45) is 0 Å². The number of aromatic hydroxyl groups is 1. The lowest BCUT2D eigenvalue weighted by molar-refractivity contribution is -0.385. The maximum Gasteiger partial charge on any atom is 0.272 e. The SMILES string of the molecule is O=[N+]([O-])c1cc(F)cc(CSc2cccc(O)c2)c1. The molecule has 0 saturated carbocycles. The first-order valence-corrected chi connectivity index (χ1v) is 6.39. The molecule has 0 bridgehead atoms. The highest BCUT2D eigenvalue weighted by molar-refractivity contribution is 7.98. The van der Waals surface area contributed by atoms with Crippen LogP contribution in [0.4, 0.5) is 10.1 Å². The van der Waals surface area contributed by atoms with Gasteiger partial charge in [0.25, 0.3) is 5.69 Å². The van der Waals surface area contributed by atoms with E-state index < -0.39 is 10.7 Å². The molecule has 4 nitrogen and oxygen atoms in total. The molecule has 1 N–H and O–H groups in total. The zero-order valence-electron chi connectivity index (χ0n) is 9.75. The van der Waals surface area contributed by atoms with Crippen molar-refractivity contribution in [1.82, 2.24) is 0 Å². The van der Waals surface area contributed by atoms with Crippen LogP contribution < -0.4 is 0 Å². The average Bonchev–Trinajstić information content (AvgIpc) is 2.36. The van der Waals surface area contributed by atoms with Gasteiger partial charge in [-0.3, -0.25) is 10.1 Å². The van der Waals surface area contributed by atoms with Gasteiger partial charge >= 0.3 is 0 Å². The Bertz CT molecular complexity index is 619. The summed E-state index contributed by atoms with van der Waals surface area (Å²) in [6.07, 6.45) is 0. The summed E-state index contributed by atoms with van der Waals surface area (Å²) in [5.74, 6) is -0.0851. The van der Waals surface area contributed by atoms with E-state index >= 15 is 0 Å². The molecule has 98 valence electrons. The van der Waals surface area contributed by atoms with Gasteiger partial charge in [-0.2, -0.15) is 0 Å². The molecule has 0 radical (unpaired) electrons. The summed E-state index contributed by atoms with van der Waals surface area (Å²) >= 11 is 1.37. The minimum Gasteiger partial charge on any atom is -0.508 e. The molecule has 19 heavy (non-hydrogen) atoms. The van der Waals surface area contributed by atoms with Gasteiger partial charge in [-0.05, 0) is 29.8 Å². The van der Waals surface area contributed by atoms with E-state index in [0.717, 1.165) is 11.0 Å². The number of thioether (sulfide) groups is 1. The van der Waals surface area contributed by atoms with Gasteiger partial charge in [0, 0.05) is 16.7 Å². The van der Waals surface area contributed by atoms with Crippen molar-refractivity contribution in [2.45, 2.75) is 10.6 Å². The minimum atomic E-state index is -0.624. The number of hydrogen-bond donors (Lipinski definition) is 1. The lowest BCUT2D eigenvalue weighted by Crippen LogP contribution is -1.92. The molecule has 0 saturated heterocycles. The van der Waals surface area contributed by atoms with E-state index in [2.05, 4.69) is 0 Å². The molecule has 0 heterocycles. The van der Waals surface area contributed by atoms with Gasteiger partial charge in [-0.15, -0.1) is 11.8 Å². The Balaban J connectivity index is 2.13. The van der Waals surface area contributed by atoms with Crippen LogP contribution in [0.15, 0.2) is 47.4 Å². The monoisotopic (exact) mass is 279 g/mol. The number of halogens is 1. The molecule has 0 atom stereocenters. The fourth-order valence-electron chi connectivity index (χ4n) is 1.56. The van der Waals surface area contributed by atoms with Crippen LogP contribution in [-0.4, -0.2) is 10.0 Å². The van der Waals surface area contributed by atoms with Crippen LogP contribution in [0.25, 0.3) is 0 Å². The highest BCUT2D eigenvalue weighted by Crippen LogP contribution is 2.27. The third-order valence-corrected chi connectivity index (χ3v) is 3.44. The number of nitro groups is 1. The summed E-state index contributed by atoms with van der Waals surface area (Å²) in [4.78, 5) is 10.8. The third-order valence-electron chi connectivity index (χ3n) is 2.38. The second-order valence-electron chi connectivity index (χ2n) is 3.86. The summed E-state index contributed by atoms with van der Waals surface area (Å²) < 4.78 is 13.2. The van der Waals surface area contributed by atoms with Gasteiger partial charge in [0.05, 0.1) is 11.0 Å². The maximum absolute atomic E-state index is 13.2. The molecular formula is C13H10FNO3S. The minimum absolute atomic E-state index is 0.148. The van der Waals surface area contributed by atoms with E-state index in [-0.39, 0.29) is 11.4 Å². The Kier molecular flexibility index (Phi) is 4.01. The summed E-state index contributed by atoms with van der Waals surface area (Å²) in [6.45, 7) is 0. The van der Waals surface area contributed by atoms with E-state index in [1.807, 2.05) is 0 Å². The smallest absolute Gasteiger partial charge is 0.272 e. The van der Waals surface area contributed by atoms with E-state index in [9.17, 15) is 19.6 Å². The van der Waals surface area contributed by atoms with Gasteiger partial charge in [-0.25, -0.2) is 4.39 Å². The quantitative estimate of drug-likeness (QED) is 0.526. The van der Waals surface area contributed by atoms with Crippen LogP contribution in [-0.2, 0) is 5.75 Å². The Labute approximate surface area is 113 Å². The van der Waals surface area contributed by atoms with Crippen LogP contribution in [0.2, 0.25) is 0 Å². The van der Waals surface area contributed by atoms with Crippen molar-refractivity contribution >= 4 is 17.4 Å². The van der Waals surface area contributed by atoms with Crippen molar-refractivity contribution in [3.63, 3.8) is 0 Å². The first kappa shape index (κ1) is 13.4. The molecule has 2 rings (SSSR count). The predicted molar refractivity (Wildman–Crippen MR) is 70.7 cm³/mol. The summed E-state index contributed by atoms with van der Waals surface area (Å²) in [5, 5.41) is 19.9. The third kappa shape index (κ3) is 3.69. The van der Waals surface area contributed by atoms with Crippen LogP contribution in [0, 0.1) is 15.9 Å². The number of phenols is 1. The molecule has 0 aliphatic carbocycles. The normalized spacial score (nSPS) is 10.4. The Morgan fingerprint density at radius 1 is 1.26 bits per heavy atom. The molecule has 0 unspecified atom stereocenters. The van der Waals surface area contributed by atoms with Gasteiger partial charge in [-0.1, -0.05) is 6.07 Å². The zero-order chi connectivity index (χ0) is 13.8. The molecule has 0 aromatic heterocycles. The van der Waals surface area contributed by atoms with Crippen LogP contribution in [0.3, 0.4) is 0 Å². The molecule has 2 aromatic carbocycles. The number of benzene rings is 2. The largest absolute Gasteiger partial charge is 0.508 e. The topological polar surface area (TPSA) is 63.4 Å². The highest BCUT2D eigenvalue weighted by atomic mass is 32.2. The van der Waals surface area contributed by atoms with Gasteiger partial charge in [0.15, 0.2) is 0 Å². The number of nitro benzene ring substituents is 1. The van der Waals surface area contributed by atoms with E-state index in [1.165, 1.54) is 23.9 Å². The Morgan fingerprint density at radius 3 is 2.74 bits per heavy atom. The van der Waals surface area contributed by atoms with Crippen LogP contribution in [0.5, 0.6) is 5.75 Å². The molecule has 0 aliphatic heterocycles. The Morgan fingerprint density at radius 2 is 2.05 bits per heavy atom. The van der Waals surface area contributed by atoms with Crippen LogP contribution >= 0.6 is 11.8 Å². The van der Waals surface area contributed by atoms with Gasteiger partial charge < -0.3 is 5.11 Å². The summed E-state index contributed by atoms with van der Waals surface area (Å²) in [6, 6.07) is 10.1. The molecule has 0 spiro atoms. The van der Waals surface area contributed by atoms with Gasteiger partial charge in [0.1, 0.15) is 11.6 Å². The number of non-ortho nitro benzene ring substituents is 1. The molecule has 0 aliphatic rings. The van der Waals surface area contributed by atoms with E-state index in [1.54, 1.807) is 24.3 Å². The number of phenolic OH excluding ortho intramolecular Hbond substituents is 1. The number of hydrogen-bond acceptors (Lipinski definition) is 4. The second kappa shape index (κ2) is 5.71. The van der Waals surface area contributed by atoms with Crippen molar-refractivity contribution in [3.05, 3.63) is 64.0 Å². The molecule has 0 amide bonds. The van der Waals surface area contributed by atoms with Crippen molar-refractivity contribution in [1.29, 1.82) is 0 Å². The summed E-state index contributed by atoms with van der Waals surface area (Å²) in [7, 11) is 0. The molecule has 0 fully saturated rings. The average molecular weight is 279 g/mol. The number of rotatable bonds is 4. The molecule has 2 aromatic rings. The van der Waals surface area contributed by atoms with Gasteiger partial charge in [0.2, 0.25) is 0 Å². The fourth-order valence-corrected chi connectivity index (χ4v) is 2.44. The maximum atomic E-state index is 13.2. The number of nitrogens with zero attached hydrogens (tertiary/aromatic N) is 1. The summed E-state index contributed by atoms with van der Waals surface area (Å²) in [5.41, 5.74) is 0.270. The van der Waals surface area contributed by atoms with E-state index in [0.29, 0.717) is 11.3 Å². The first-order valence-electron chi connectivity index (χ1n) is 5.40.